The fourth-order valence-electron chi connectivity index (χ4n) is 3.12. The highest BCUT2D eigenvalue weighted by Gasteiger charge is 2.35. The third-order valence-corrected chi connectivity index (χ3v) is 7.28. The van der Waals surface area contributed by atoms with Crippen LogP contribution in [0.1, 0.15) is 12.8 Å². The number of sulfonamides is 1. The summed E-state index contributed by atoms with van der Waals surface area (Å²) >= 11 is 12.1. The van der Waals surface area contributed by atoms with Crippen molar-refractivity contribution >= 4 is 51.5 Å². The van der Waals surface area contributed by atoms with E-state index in [1.54, 1.807) is 11.0 Å². The molecule has 2 heterocycles. The molecule has 1 unspecified atom stereocenters. The number of carbonyl (C=O) groups is 1. The highest BCUT2D eigenvalue weighted by Crippen LogP contribution is 2.31. The van der Waals surface area contributed by atoms with Crippen LogP contribution >= 0.6 is 35.6 Å². The van der Waals surface area contributed by atoms with E-state index in [9.17, 15) is 13.2 Å². The van der Waals surface area contributed by atoms with Gasteiger partial charge in [0.15, 0.2) is 0 Å². The molecule has 0 spiro atoms. The van der Waals surface area contributed by atoms with Crippen LogP contribution in [0.15, 0.2) is 23.1 Å². The number of hydrogen-bond acceptors (Lipinski definition) is 4. The van der Waals surface area contributed by atoms with Crippen molar-refractivity contribution in [2.75, 3.05) is 32.7 Å². The Kier molecular flexibility index (Phi) is 6.98. The highest BCUT2D eigenvalue weighted by molar-refractivity contribution is 7.89. The smallest absolute Gasteiger partial charge is 0.246 e. The number of amides is 1. The first-order valence-electron chi connectivity index (χ1n) is 7.87. The minimum Gasteiger partial charge on any atom is -0.339 e. The number of benzene rings is 1. The normalized spacial score (nSPS) is 21.8. The maximum Gasteiger partial charge on any atom is 0.246 e. The van der Waals surface area contributed by atoms with Gasteiger partial charge in [-0.1, -0.05) is 29.3 Å². The SMILES string of the molecule is Cl.O=C(C1CCCN1)N1CCN(S(=O)(=O)c2c(Cl)cccc2Cl)CC1. The van der Waals surface area contributed by atoms with Gasteiger partial charge in [-0.2, -0.15) is 4.31 Å². The molecule has 2 aliphatic heterocycles. The van der Waals surface area contributed by atoms with Crippen molar-refractivity contribution in [3.8, 4) is 0 Å². The number of halogens is 3. The van der Waals surface area contributed by atoms with Crippen molar-refractivity contribution in [1.82, 2.24) is 14.5 Å². The number of carbonyl (C=O) groups excluding carboxylic acids is 1. The van der Waals surface area contributed by atoms with Crippen LogP contribution in [0.25, 0.3) is 0 Å². The minimum absolute atomic E-state index is 0. The van der Waals surface area contributed by atoms with Gasteiger partial charge in [0.05, 0.1) is 16.1 Å². The van der Waals surface area contributed by atoms with Crippen molar-refractivity contribution < 1.29 is 13.2 Å². The highest BCUT2D eigenvalue weighted by atomic mass is 35.5. The molecule has 0 bridgehead atoms. The van der Waals surface area contributed by atoms with Crippen molar-refractivity contribution in [3.05, 3.63) is 28.2 Å². The van der Waals surface area contributed by atoms with Gasteiger partial charge in [0.25, 0.3) is 0 Å². The Bertz CT molecular complexity index is 711. The molecule has 1 N–H and O–H groups in total. The summed E-state index contributed by atoms with van der Waals surface area (Å²) in [6.45, 7) is 2.08. The monoisotopic (exact) mass is 427 g/mol. The lowest BCUT2D eigenvalue weighted by Crippen LogP contribution is -2.54. The molecular formula is C15H20Cl3N3O3S. The first kappa shape index (κ1) is 20.7. The van der Waals surface area contributed by atoms with Gasteiger partial charge in [-0.25, -0.2) is 8.42 Å². The molecule has 1 aromatic carbocycles. The fraction of sp³-hybridized carbons (Fsp3) is 0.533. The van der Waals surface area contributed by atoms with Crippen molar-refractivity contribution in [3.63, 3.8) is 0 Å². The van der Waals surface area contributed by atoms with Crippen LogP contribution < -0.4 is 5.32 Å². The van der Waals surface area contributed by atoms with E-state index in [4.69, 9.17) is 23.2 Å². The predicted molar refractivity (Wildman–Crippen MR) is 100 cm³/mol. The lowest BCUT2D eigenvalue weighted by atomic mass is 10.2. The lowest BCUT2D eigenvalue weighted by Gasteiger charge is -2.35. The molecule has 140 valence electrons. The molecule has 25 heavy (non-hydrogen) atoms. The van der Waals surface area contributed by atoms with Gasteiger partial charge in [0.1, 0.15) is 4.90 Å². The predicted octanol–water partition coefficient (Wildman–Crippen LogP) is 2.00. The number of hydrogen-bond donors (Lipinski definition) is 1. The quantitative estimate of drug-likeness (QED) is 0.799. The summed E-state index contributed by atoms with van der Waals surface area (Å²) in [6.07, 6.45) is 1.84. The van der Waals surface area contributed by atoms with E-state index in [0.717, 1.165) is 19.4 Å². The average Bonchev–Trinajstić information content (AvgIpc) is 3.08. The summed E-state index contributed by atoms with van der Waals surface area (Å²) in [4.78, 5) is 14.0. The van der Waals surface area contributed by atoms with Crippen LogP contribution in [-0.4, -0.2) is 62.3 Å². The standard InChI is InChI=1S/C15H19Cl2N3O3S.ClH/c16-11-3-1-4-12(17)14(11)24(22,23)20-9-7-19(8-10-20)15(21)13-5-2-6-18-13;/h1,3-4,13,18H,2,5-10H2;1H. The third kappa shape index (κ3) is 4.23. The summed E-state index contributed by atoms with van der Waals surface area (Å²) < 4.78 is 26.9. The number of rotatable bonds is 3. The fourth-order valence-corrected chi connectivity index (χ4v) is 5.64. The summed E-state index contributed by atoms with van der Waals surface area (Å²) in [7, 11) is -3.78. The lowest BCUT2D eigenvalue weighted by molar-refractivity contribution is -0.134. The van der Waals surface area contributed by atoms with E-state index in [0.29, 0.717) is 13.1 Å². The largest absolute Gasteiger partial charge is 0.339 e. The molecule has 2 aliphatic rings. The second-order valence-electron chi connectivity index (χ2n) is 5.93. The molecule has 1 aromatic rings. The Labute approximate surface area is 163 Å². The third-order valence-electron chi connectivity index (χ3n) is 4.43. The summed E-state index contributed by atoms with van der Waals surface area (Å²) in [6, 6.07) is 4.48. The van der Waals surface area contributed by atoms with E-state index < -0.39 is 10.0 Å². The Balaban J connectivity index is 0.00000225. The molecule has 1 atom stereocenters. The van der Waals surface area contributed by atoms with Crippen LogP contribution in [0.4, 0.5) is 0 Å². The zero-order valence-corrected chi connectivity index (χ0v) is 16.6. The molecule has 3 rings (SSSR count). The van der Waals surface area contributed by atoms with Gasteiger partial charge in [-0.15, -0.1) is 12.4 Å². The van der Waals surface area contributed by atoms with Gasteiger partial charge in [0.2, 0.25) is 15.9 Å². The summed E-state index contributed by atoms with van der Waals surface area (Å²) in [5, 5.41) is 3.39. The van der Waals surface area contributed by atoms with Gasteiger partial charge in [-0.05, 0) is 31.5 Å². The molecule has 2 saturated heterocycles. The van der Waals surface area contributed by atoms with Crippen molar-refractivity contribution in [2.24, 2.45) is 0 Å². The van der Waals surface area contributed by atoms with E-state index in [1.807, 2.05) is 0 Å². The van der Waals surface area contributed by atoms with Gasteiger partial charge in [0, 0.05) is 26.2 Å². The Hall–Kier alpha value is -0.570. The average molecular weight is 429 g/mol. The molecule has 10 heteroatoms. The van der Waals surface area contributed by atoms with Crippen LogP contribution in [0, 0.1) is 0 Å². The van der Waals surface area contributed by atoms with E-state index in [1.165, 1.54) is 16.4 Å². The Morgan fingerprint density at radius 2 is 1.72 bits per heavy atom. The molecule has 0 saturated carbocycles. The topological polar surface area (TPSA) is 69.7 Å². The van der Waals surface area contributed by atoms with Crippen LogP contribution in [0.3, 0.4) is 0 Å². The van der Waals surface area contributed by atoms with E-state index in [2.05, 4.69) is 5.32 Å². The number of nitrogens with one attached hydrogen (secondary N) is 1. The number of nitrogens with zero attached hydrogens (tertiary/aromatic N) is 2. The van der Waals surface area contributed by atoms with Gasteiger partial charge >= 0.3 is 0 Å². The molecule has 1 amide bonds. The second kappa shape index (κ2) is 8.41. The molecule has 0 aromatic heterocycles. The van der Waals surface area contributed by atoms with Crippen LogP contribution in [0.2, 0.25) is 10.0 Å². The Morgan fingerprint density at radius 1 is 1.12 bits per heavy atom. The summed E-state index contributed by atoms with van der Waals surface area (Å²) in [5.41, 5.74) is 0. The molecule has 0 aliphatic carbocycles. The van der Waals surface area contributed by atoms with Crippen LogP contribution in [-0.2, 0) is 14.8 Å². The second-order valence-corrected chi connectivity index (χ2v) is 8.62. The number of piperazine rings is 1. The van der Waals surface area contributed by atoms with Crippen LogP contribution in [0.5, 0.6) is 0 Å². The maximum atomic E-state index is 12.8. The first-order chi connectivity index (χ1) is 11.4. The Morgan fingerprint density at radius 3 is 2.24 bits per heavy atom. The first-order valence-corrected chi connectivity index (χ1v) is 10.1. The molecular weight excluding hydrogens is 409 g/mol. The molecule has 6 nitrogen and oxygen atoms in total. The van der Waals surface area contributed by atoms with Crippen molar-refractivity contribution in [1.29, 1.82) is 0 Å². The van der Waals surface area contributed by atoms with Gasteiger partial charge in [-0.3, -0.25) is 4.79 Å². The van der Waals surface area contributed by atoms with Crippen molar-refractivity contribution in [2.45, 2.75) is 23.8 Å². The zero-order valence-electron chi connectivity index (χ0n) is 13.5. The maximum absolute atomic E-state index is 12.8. The van der Waals surface area contributed by atoms with E-state index in [-0.39, 0.29) is 52.4 Å². The molecule has 2 fully saturated rings. The zero-order chi connectivity index (χ0) is 17.3. The van der Waals surface area contributed by atoms with Gasteiger partial charge < -0.3 is 10.2 Å². The van der Waals surface area contributed by atoms with E-state index >= 15 is 0 Å². The summed E-state index contributed by atoms with van der Waals surface area (Å²) in [5.74, 6) is 0.0559. The minimum atomic E-state index is -3.78. The molecule has 0 radical (unpaired) electrons.